The zero-order valence-electron chi connectivity index (χ0n) is 5.40. The van der Waals surface area contributed by atoms with Crippen molar-refractivity contribution >= 4 is 5.78 Å². The minimum atomic E-state index is -0.0509. The van der Waals surface area contributed by atoms with E-state index < -0.39 is 0 Å². The molecule has 2 aliphatic heterocycles. The van der Waals surface area contributed by atoms with Crippen molar-refractivity contribution in [3.8, 4) is 0 Å². The lowest BCUT2D eigenvalue weighted by molar-refractivity contribution is -0.115. The van der Waals surface area contributed by atoms with Crippen LogP contribution in [0.25, 0.3) is 0 Å². The molecule has 0 aromatic rings. The van der Waals surface area contributed by atoms with Gasteiger partial charge in [0.1, 0.15) is 6.04 Å². The first-order valence-electron chi connectivity index (χ1n) is 3.22. The molecular formula is C8H7NO. The first-order valence-corrected chi connectivity index (χ1v) is 3.22. The molecule has 0 bridgehead atoms. The van der Waals surface area contributed by atoms with Crippen LogP contribution in [-0.2, 0) is 4.79 Å². The maximum atomic E-state index is 11.0. The lowest BCUT2D eigenvalue weighted by Crippen LogP contribution is -2.26. The molecule has 0 aromatic heterocycles. The molecule has 0 N–H and O–H groups in total. The number of fused-ring (bicyclic) bond motifs is 1. The number of ketones is 1. The van der Waals surface area contributed by atoms with Gasteiger partial charge in [-0.05, 0) is 12.2 Å². The summed E-state index contributed by atoms with van der Waals surface area (Å²) in [6.07, 6.45) is 11.0. The highest BCUT2D eigenvalue weighted by atomic mass is 16.1. The normalized spacial score (nSPS) is 27.8. The van der Waals surface area contributed by atoms with E-state index in [0.717, 1.165) is 0 Å². The molecule has 2 nitrogen and oxygen atoms in total. The van der Waals surface area contributed by atoms with Gasteiger partial charge in [-0.3, -0.25) is 4.79 Å². The molecule has 1 unspecified atom stereocenters. The highest BCUT2D eigenvalue weighted by Crippen LogP contribution is 2.15. The maximum absolute atomic E-state index is 11.0. The first kappa shape index (κ1) is 5.47. The Morgan fingerprint density at radius 3 is 3.00 bits per heavy atom. The number of carbonyl (C=O) groups is 1. The second-order valence-electron chi connectivity index (χ2n) is 2.34. The predicted octanol–water partition coefficient (Wildman–Crippen LogP) is 0.837. The van der Waals surface area contributed by atoms with E-state index in [0.29, 0.717) is 0 Å². The third-order valence-corrected chi connectivity index (χ3v) is 1.69. The van der Waals surface area contributed by atoms with Crippen molar-refractivity contribution in [2.75, 3.05) is 0 Å². The Balaban J connectivity index is 2.34. The van der Waals surface area contributed by atoms with Crippen LogP contribution in [0.2, 0.25) is 0 Å². The number of hydrogen-bond donors (Lipinski definition) is 0. The number of rotatable bonds is 0. The van der Waals surface area contributed by atoms with Gasteiger partial charge in [0.25, 0.3) is 0 Å². The van der Waals surface area contributed by atoms with E-state index in [4.69, 9.17) is 0 Å². The van der Waals surface area contributed by atoms with Gasteiger partial charge in [0.15, 0.2) is 5.78 Å². The minimum absolute atomic E-state index is 0.0509. The molecule has 0 fully saturated rings. The Bertz CT molecular complexity index is 248. The molecule has 0 saturated heterocycles. The van der Waals surface area contributed by atoms with Crippen LogP contribution in [0, 0.1) is 0 Å². The summed E-state index contributed by atoms with van der Waals surface area (Å²) in [4.78, 5) is 12.9. The van der Waals surface area contributed by atoms with Crippen molar-refractivity contribution in [2.24, 2.45) is 0 Å². The van der Waals surface area contributed by atoms with Crippen molar-refractivity contribution < 1.29 is 4.79 Å². The lowest BCUT2D eigenvalue weighted by atomic mass is 10.1. The molecule has 2 heterocycles. The molecular weight excluding hydrogens is 126 g/mol. The van der Waals surface area contributed by atoms with Gasteiger partial charge >= 0.3 is 0 Å². The van der Waals surface area contributed by atoms with Crippen molar-refractivity contribution in [1.29, 1.82) is 0 Å². The van der Waals surface area contributed by atoms with Gasteiger partial charge in [0, 0.05) is 12.4 Å². The summed E-state index contributed by atoms with van der Waals surface area (Å²) >= 11 is 0. The fourth-order valence-electron chi connectivity index (χ4n) is 1.15. The summed E-state index contributed by atoms with van der Waals surface area (Å²) < 4.78 is 0. The van der Waals surface area contributed by atoms with Crippen molar-refractivity contribution in [2.45, 2.75) is 6.04 Å². The Morgan fingerprint density at radius 1 is 1.30 bits per heavy atom. The van der Waals surface area contributed by atoms with E-state index in [1.165, 1.54) is 0 Å². The van der Waals surface area contributed by atoms with E-state index in [-0.39, 0.29) is 11.8 Å². The van der Waals surface area contributed by atoms with Crippen LogP contribution in [0.4, 0.5) is 0 Å². The Hall–Kier alpha value is -1.31. The lowest BCUT2D eigenvalue weighted by Gasteiger charge is -2.18. The van der Waals surface area contributed by atoms with Crippen molar-refractivity contribution in [1.82, 2.24) is 4.90 Å². The maximum Gasteiger partial charge on any atom is 0.183 e. The van der Waals surface area contributed by atoms with Gasteiger partial charge in [-0.2, -0.15) is 0 Å². The van der Waals surface area contributed by atoms with E-state index in [1.54, 1.807) is 12.3 Å². The Kier molecular flexibility index (Phi) is 1.01. The van der Waals surface area contributed by atoms with Gasteiger partial charge in [-0.25, -0.2) is 0 Å². The van der Waals surface area contributed by atoms with E-state index in [9.17, 15) is 4.79 Å². The third kappa shape index (κ3) is 0.620. The monoisotopic (exact) mass is 133 g/mol. The van der Waals surface area contributed by atoms with Crippen molar-refractivity contribution in [3.05, 3.63) is 36.7 Å². The van der Waals surface area contributed by atoms with Crippen LogP contribution in [0.3, 0.4) is 0 Å². The number of hydrogen-bond acceptors (Lipinski definition) is 2. The molecule has 2 aliphatic rings. The highest BCUT2D eigenvalue weighted by Gasteiger charge is 2.23. The summed E-state index contributed by atoms with van der Waals surface area (Å²) in [6.45, 7) is 0. The summed E-state index contributed by atoms with van der Waals surface area (Å²) in [5, 5.41) is 0. The zero-order valence-corrected chi connectivity index (χ0v) is 5.40. The van der Waals surface area contributed by atoms with Gasteiger partial charge < -0.3 is 4.90 Å². The molecule has 0 saturated carbocycles. The molecule has 0 aromatic carbocycles. The molecule has 2 rings (SSSR count). The molecule has 0 spiro atoms. The largest absolute Gasteiger partial charge is 0.340 e. The van der Waals surface area contributed by atoms with Gasteiger partial charge in [0.2, 0.25) is 0 Å². The summed E-state index contributed by atoms with van der Waals surface area (Å²) in [5.74, 6) is 0.167. The highest BCUT2D eigenvalue weighted by molar-refractivity contribution is 5.98. The smallest absolute Gasteiger partial charge is 0.183 e. The fraction of sp³-hybridized carbons (Fsp3) is 0.125. The summed E-state index contributed by atoms with van der Waals surface area (Å²) in [6, 6.07) is -0.0509. The van der Waals surface area contributed by atoms with Crippen LogP contribution in [0.1, 0.15) is 0 Å². The Morgan fingerprint density at radius 2 is 2.20 bits per heavy atom. The number of nitrogens with zero attached hydrogens (tertiary/aromatic N) is 1. The Labute approximate surface area is 59.1 Å². The molecule has 0 aliphatic carbocycles. The minimum Gasteiger partial charge on any atom is -0.340 e. The summed E-state index contributed by atoms with van der Waals surface area (Å²) in [5.41, 5.74) is 0. The van der Waals surface area contributed by atoms with Crippen LogP contribution in [-0.4, -0.2) is 16.7 Å². The topological polar surface area (TPSA) is 20.3 Å². The first-order chi connectivity index (χ1) is 4.88. The van der Waals surface area contributed by atoms with Gasteiger partial charge in [-0.15, -0.1) is 0 Å². The molecule has 2 heteroatoms. The molecule has 0 radical (unpaired) electrons. The second kappa shape index (κ2) is 1.84. The van der Waals surface area contributed by atoms with E-state index >= 15 is 0 Å². The summed E-state index contributed by atoms with van der Waals surface area (Å²) in [7, 11) is 0. The van der Waals surface area contributed by atoms with Gasteiger partial charge in [0.05, 0.1) is 0 Å². The van der Waals surface area contributed by atoms with Crippen molar-refractivity contribution in [3.63, 3.8) is 0 Å². The van der Waals surface area contributed by atoms with Crippen LogP contribution < -0.4 is 0 Å². The SMILES string of the molecule is O=C1C=CN2C=CC=CC12. The molecule has 10 heavy (non-hydrogen) atoms. The van der Waals surface area contributed by atoms with E-state index in [2.05, 4.69) is 0 Å². The predicted molar refractivity (Wildman–Crippen MR) is 38.1 cm³/mol. The van der Waals surface area contributed by atoms with Gasteiger partial charge in [-0.1, -0.05) is 12.2 Å². The average Bonchev–Trinajstić information content (AvgIpc) is 2.34. The zero-order chi connectivity index (χ0) is 6.97. The number of carbonyl (C=O) groups excluding carboxylic acids is 1. The fourth-order valence-corrected chi connectivity index (χ4v) is 1.15. The quantitative estimate of drug-likeness (QED) is 0.488. The molecule has 1 atom stereocenters. The average molecular weight is 133 g/mol. The molecule has 50 valence electrons. The van der Waals surface area contributed by atoms with E-state index in [1.807, 2.05) is 29.3 Å². The number of allylic oxidation sites excluding steroid dienone is 2. The second-order valence-corrected chi connectivity index (χ2v) is 2.34. The third-order valence-electron chi connectivity index (χ3n) is 1.69. The van der Waals surface area contributed by atoms with Crippen LogP contribution in [0.15, 0.2) is 36.7 Å². The van der Waals surface area contributed by atoms with Crippen LogP contribution in [0.5, 0.6) is 0 Å². The standard InChI is InChI=1S/C8H7NO/c10-8-4-6-9-5-2-1-3-7(8)9/h1-7H. The molecule has 0 amide bonds. The van der Waals surface area contributed by atoms with Crippen LogP contribution >= 0.6 is 0 Å².